The molecule has 0 amide bonds. The maximum absolute atomic E-state index is 14.1. The van der Waals surface area contributed by atoms with E-state index in [1.165, 1.54) is 0 Å². The second-order valence-corrected chi connectivity index (χ2v) is 12.7. The molecule has 0 atom stereocenters. The van der Waals surface area contributed by atoms with Crippen LogP contribution in [0.4, 0.5) is 0 Å². The van der Waals surface area contributed by atoms with Crippen LogP contribution in [0, 0.1) is 0 Å². The highest BCUT2D eigenvalue weighted by atomic mass is 35.5. The monoisotopic (exact) mass is 724 g/mol. The second kappa shape index (κ2) is 19.1. The standard InChI is InChI=1S/C31H34Cl6O4.CO2/c1-3-5-7-9-11-13-15-17-18-20(24(33)27(36)23(17)32)30(39)19-21(29(18)38)25(34)28(37)26(35)22(19)31(40)41-16-14-12-10-8-6-4-2;2-1-3/h3-16H2,1-2H3;. The SMILES string of the molecule is CCCCCCCCOC(=O)c1c(Cl)c(Cl)c(Cl)c2c1C(=O)c1c(Cl)c(Cl)c(Cl)c(CCCCCCCC)c1C2=O.O=C=O. The molecule has 0 radical (unpaired) electrons. The third-order valence-electron chi connectivity index (χ3n) is 7.37. The first-order valence-corrected chi connectivity index (χ1v) is 16.9. The summed E-state index contributed by atoms with van der Waals surface area (Å²) in [4.78, 5) is 57.6. The van der Waals surface area contributed by atoms with E-state index in [0.717, 1.165) is 70.6 Å². The number of fused-ring (bicyclic) bond motifs is 2. The van der Waals surface area contributed by atoms with Crippen molar-refractivity contribution in [2.45, 2.75) is 97.3 Å². The molecule has 0 unspecified atom stereocenters. The molecule has 1 aliphatic carbocycles. The summed E-state index contributed by atoms with van der Waals surface area (Å²) in [5, 5.41) is -0.797. The van der Waals surface area contributed by atoms with E-state index in [-0.39, 0.29) is 70.7 Å². The summed E-state index contributed by atoms with van der Waals surface area (Å²) >= 11 is 39.0. The van der Waals surface area contributed by atoms with E-state index in [0.29, 0.717) is 18.4 Å². The van der Waals surface area contributed by atoms with Gasteiger partial charge in [0, 0.05) is 5.56 Å². The second-order valence-electron chi connectivity index (χ2n) is 10.4. The predicted octanol–water partition coefficient (Wildman–Crippen LogP) is 11.2. The number of benzene rings is 2. The lowest BCUT2D eigenvalue weighted by atomic mass is 9.78. The van der Waals surface area contributed by atoms with Crippen molar-refractivity contribution in [1.82, 2.24) is 0 Å². The molecule has 0 saturated heterocycles. The van der Waals surface area contributed by atoms with Gasteiger partial charge in [-0.3, -0.25) is 9.59 Å². The zero-order valence-corrected chi connectivity index (χ0v) is 29.2. The molecule has 0 aromatic heterocycles. The molecule has 44 heavy (non-hydrogen) atoms. The highest BCUT2D eigenvalue weighted by Crippen LogP contribution is 2.48. The average molecular weight is 727 g/mol. The van der Waals surface area contributed by atoms with E-state index in [1.807, 2.05) is 0 Å². The Labute approximate surface area is 288 Å². The smallest absolute Gasteiger partial charge is 0.373 e. The lowest BCUT2D eigenvalue weighted by Gasteiger charge is -2.26. The van der Waals surface area contributed by atoms with Gasteiger partial charge in [0.1, 0.15) is 0 Å². The number of carbonyl (C=O) groups excluding carboxylic acids is 5. The van der Waals surface area contributed by atoms with Gasteiger partial charge in [-0.2, -0.15) is 9.59 Å². The van der Waals surface area contributed by atoms with Crippen LogP contribution in [0.3, 0.4) is 0 Å². The fraction of sp³-hybridized carbons (Fsp3) is 0.500. The molecule has 0 spiro atoms. The minimum absolute atomic E-state index is 0.0298. The van der Waals surface area contributed by atoms with E-state index < -0.39 is 17.5 Å². The van der Waals surface area contributed by atoms with Crippen LogP contribution in [-0.4, -0.2) is 30.3 Å². The molecule has 1 aliphatic rings. The third kappa shape index (κ3) is 9.00. The van der Waals surface area contributed by atoms with Crippen LogP contribution in [-0.2, 0) is 20.7 Å². The van der Waals surface area contributed by atoms with Crippen molar-refractivity contribution in [1.29, 1.82) is 0 Å². The van der Waals surface area contributed by atoms with E-state index in [9.17, 15) is 14.4 Å². The Hall–Kier alpha value is -1.63. The van der Waals surface area contributed by atoms with Crippen molar-refractivity contribution in [3.8, 4) is 0 Å². The van der Waals surface area contributed by atoms with Crippen molar-refractivity contribution in [3.63, 3.8) is 0 Å². The van der Waals surface area contributed by atoms with Crippen LogP contribution < -0.4 is 0 Å². The van der Waals surface area contributed by atoms with E-state index in [2.05, 4.69) is 13.8 Å². The third-order valence-corrected chi connectivity index (χ3v) is 10.1. The maximum Gasteiger partial charge on any atom is 0.373 e. The number of esters is 1. The maximum atomic E-state index is 14.1. The Morgan fingerprint density at radius 3 is 1.55 bits per heavy atom. The van der Waals surface area contributed by atoms with E-state index >= 15 is 0 Å². The van der Waals surface area contributed by atoms with Crippen molar-refractivity contribution in [3.05, 3.63) is 63.5 Å². The minimum atomic E-state index is -0.869. The molecule has 3 rings (SSSR count). The Bertz CT molecular complexity index is 1420. The number of unbranched alkanes of at least 4 members (excludes halogenated alkanes) is 10. The summed E-state index contributed by atoms with van der Waals surface area (Å²) in [6.07, 6.45) is 12.7. The Morgan fingerprint density at radius 2 is 1.00 bits per heavy atom. The van der Waals surface area contributed by atoms with Crippen LogP contribution in [0.5, 0.6) is 0 Å². The topological polar surface area (TPSA) is 94.6 Å². The number of carbonyl (C=O) groups is 3. The summed E-state index contributed by atoms with van der Waals surface area (Å²) in [7, 11) is 0. The van der Waals surface area contributed by atoms with Gasteiger partial charge in [0.25, 0.3) is 0 Å². The van der Waals surface area contributed by atoms with E-state index in [1.54, 1.807) is 0 Å². The molecule has 0 heterocycles. The van der Waals surface area contributed by atoms with Gasteiger partial charge in [-0.05, 0) is 24.8 Å². The molecule has 2 aromatic carbocycles. The highest BCUT2D eigenvalue weighted by Gasteiger charge is 2.42. The molecule has 240 valence electrons. The first-order valence-electron chi connectivity index (χ1n) is 14.7. The number of ketones is 2. The summed E-state index contributed by atoms with van der Waals surface area (Å²) in [6, 6.07) is 0. The quantitative estimate of drug-likeness (QED) is 0.0879. The number of rotatable bonds is 15. The molecule has 0 saturated carbocycles. The Morgan fingerprint density at radius 1 is 0.568 bits per heavy atom. The van der Waals surface area contributed by atoms with Crippen LogP contribution in [0.2, 0.25) is 30.1 Å². The predicted molar refractivity (Wildman–Crippen MR) is 176 cm³/mol. The molecule has 2 aromatic rings. The first kappa shape index (κ1) is 38.6. The van der Waals surface area contributed by atoms with Crippen LogP contribution in [0.25, 0.3) is 0 Å². The zero-order chi connectivity index (χ0) is 33.0. The summed E-state index contributed by atoms with van der Waals surface area (Å²) in [5.41, 5.74) is -0.499. The minimum Gasteiger partial charge on any atom is -0.462 e. The molecular weight excluding hydrogens is 693 g/mol. The lowest BCUT2D eigenvalue weighted by molar-refractivity contribution is -0.191. The van der Waals surface area contributed by atoms with Gasteiger partial charge in [-0.15, -0.1) is 0 Å². The first-order chi connectivity index (χ1) is 21.0. The molecule has 12 heteroatoms. The fourth-order valence-electron chi connectivity index (χ4n) is 5.15. The van der Waals surface area contributed by atoms with Gasteiger partial charge in [0.2, 0.25) is 0 Å². The van der Waals surface area contributed by atoms with Gasteiger partial charge < -0.3 is 4.74 Å². The van der Waals surface area contributed by atoms with Crippen LogP contribution in [0.15, 0.2) is 0 Å². The summed E-state index contributed by atoms with van der Waals surface area (Å²) in [6.45, 7) is 4.41. The normalized spacial score (nSPS) is 11.8. The van der Waals surface area contributed by atoms with Crippen molar-refractivity contribution < 1.29 is 28.7 Å². The number of ether oxygens (including phenoxy) is 1. The average Bonchev–Trinajstić information content (AvgIpc) is 2.99. The number of hydrogen-bond donors (Lipinski definition) is 0. The largest absolute Gasteiger partial charge is 0.462 e. The van der Waals surface area contributed by atoms with Crippen LogP contribution >= 0.6 is 69.6 Å². The number of halogens is 6. The molecule has 0 aliphatic heterocycles. The molecule has 0 fully saturated rings. The number of hydrogen-bond acceptors (Lipinski definition) is 6. The van der Waals surface area contributed by atoms with Crippen LogP contribution in [0.1, 0.15) is 139 Å². The Balaban J connectivity index is 0.00000216. The highest BCUT2D eigenvalue weighted by molar-refractivity contribution is 6.55. The summed E-state index contributed by atoms with van der Waals surface area (Å²) < 4.78 is 5.47. The lowest BCUT2D eigenvalue weighted by Crippen LogP contribution is -2.28. The van der Waals surface area contributed by atoms with Gasteiger partial charge in [0.15, 0.2) is 11.6 Å². The van der Waals surface area contributed by atoms with E-state index in [4.69, 9.17) is 83.9 Å². The molecule has 6 nitrogen and oxygen atoms in total. The van der Waals surface area contributed by atoms with Gasteiger partial charge in [-0.25, -0.2) is 4.79 Å². The van der Waals surface area contributed by atoms with Crippen molar-refractivity contribution in [2.75, 3.05) is 6.61 Å². The van der Waals surface area contributed by atoms with Gasteiger partial charge >= 0.3 is 12.1 Å². The van der Waals surface area contributed by atoms with Crippen molar-refractivity contribution >= 4 is 93.3 Å². The fourth-order valence-corrected chi connectivity index (χ4v) is 6.74. The molecule has 0 bridgehead atoms. The molecular formula is C32H34Cl6O6. The van der Waals surface area contributed by atoms with Gasteiger partial charge in [0.05, 0.1) is 59.0 Å². The summed E-state index contributed by atoms with van der Waals surface area (Å²) in [5.74, 6) is -2.20. The van der Waals surface area contributed by atoms with Gasteiger partial charge in [-0.1, -0.05) is 148 Å². The Kier molecular flexibility index (Phi) is 16.8. The van der Waals surface area contributed by atoms with Crippen molar-refractivity contribution in [2.24, 2.45) is 0 Å². The molecule has 0 N–H and O–H groups in total. The zero-order valence-electron chi connectivity index (χ0n) is 24.6.